The molecular formula is C15H20N4O. The molecule has 2 aromatic heterocycles. The summed E-state index contributed by atoms with van der Waals surface area (Å²) in [6, 6.07) is 3.88. The summed E-state index contributed by atoms with van der Waals surface area (Å²) in [7, 11) is 0. The van der Waals surface area contributed by atoms with Gasteiger partial charge in [0.1, 0.15) is 0 Å². The lowest BCUT2D eigenvalue weighted by molar-refractivity contribution is 0.0934. The number of pyridine rings is 1. The van der Waals surface area contributed by atoms with E-state index in [9.17, 15) is 4.79 Å². The topological polar surface area (TPSA) is 59.8 Å². The first kappa shape index (κ1) is 14.2. The third-order valence-electron chi connectivity index (χ3n) is 3.23. The number of aryl methyl sites for hydroxylation is 2. The summed E-state index contributed by atoms with van der Waals surface area (Å²) in [5.41, 5.74) is 2.61. The van der Waals surface area contributed by atoms with Gasteiger partial charge in [-0.1, -0.05) is 6.92 Å². The summed E-state index contributed by atoms with van der Waals surface area (Å²) < 4.78 is 1.74. The van der Waals surface area contributed by atoms with Crippen LogP contribution in [0.5, 0.6) is 0 Å². The Morgan fingerprint density at radius 2 is 2.25 bits per heavy atom. The number of rotatable bonds is 5. The molecular weight excluding hydrogens is 252 g/mol. The zero-order valence-corrected chi connectivity index (χ0v) is 12.1. The van der Waals surface area contributed by atoms with Crippen LogP contribution >= 0.6 is 0 Å². The standard InChI is InChI=1S/C15H20N4O/c1-4-13(14-8-11(3)6-7-16-14)18-15(20)12-9-17-19(5-2)10-12/h6-10,13H,4-5H2,1-3H3,(H,18,20). The molecule has 0 bridgehead atoms. The predicted octanol–water partition coefficient (Wildman–Crippen LogP) is 2.49. The van der Waals surface area contributed by atoms with Gasteiger partial charge in [0.2, 0.25) is 0 Å². The van der Waals surface area contributed by atoms with Crippen molar-refractivity contribution in [3.05, 3.63) is 47.5 Å². The summed E-state index contributed by atoms with van der Waals surface area (Å²) in [5, 5.41) is 7.13. The smallest absolute Gasteiger partial charge is 0.255 e. The molecule has 1 amide bonds. The molecule has 1 unspecified atom stereocenters. The van der Waals surface area contributed by atoms with Crippen LogP contribution in [0.15, 0.2) is 30.7 Å². The fourth-order valence-electron chi connectivity index (χ4n) is 2.03. The molecule has 0 fully saturated rings. The van der Waals surface area contributed by atoms with Crippen molar-refractivity contribution in [1.82, 2.24) is 20.1 Å². The first-order chi connectivity index (χ1) is 9.63. The SMILES string of the molecule is CCC(NC(=O)c1cnn(CC)c1)c1cc(C)ccn1. The predicted molar refractivity (Wildman–Crippen MR) is 77.4 cm³/mol. The van der Waals surface area contributed by atoms with Gasteiger partial charge in [0.15, 0.2) is 0 Å². The molecule has 5 nitrogen and oxygen atoms in total. The van der Waals surface area contributed by atoms with Crippen LogP contribution in [0.25, 0.3) is 0 Å². The average Bonchev–Trinajstić information content (AvgIpc) is 2.93. The van der Waals surface area contributed by atoms with Crippen LogP contribution in [-0.2, 0) is 6.54 Å². The van der Waals surface area contributed by atoms with Gasteiger partial charge in [-0.3, -0.25) is 14.5 Å². The highest BCUT2D eigenvalue weighted by Crippen LogP contribution is 2.15. The van der Waals surface area contributed by atoms with Gasteiger partial charge in [-0.15, -0.1) is 0 Å². The molecule has 0 radical (unpaired) electrons. The molecule has 0 saturated carbocycles. The van der Waals surface area contributed by atoms with Crippen molar-refractivity contribution in [2.45, 2.75) is 39.8 Å². The van der Waals surface area contributed by atoms with Gasteiger partial charge < -0.3 is 5.32 Å². The highest BCUT2D eigenvalue weighted by atomic mass is 16.1. The summed E-state index contributed by atoms with van der Waals surface area (Å²) in [5.74, 6) is -0.111. The van der Waals surface area contributed by atoms with Crippen molar-refractivity contribution in [2.75, 3.05) is 0 Å². The molecule has 0 aliphatic rings. The lowest BCUT2D eigenvalue weighted by Crippen LogP contribution is -2.28. The number of hydrogen-bond donors (Lipinski definition) is 1. The van der Waals surface area contributed by atoms with E-state index >= 15 is 0 Å². The van der Waals surface area contributed by atoms with E-state index in [0.717, 1.165) is 24.2 Å². The monoisotopic (exact) mass is 272 g/mol. The molecule has 2 rings (SSSR count). The van der Waals surface area contributed by atoms with E-state index in [0.29, 0.717) is 5.56 Å². The molecule has 2 heterocycles. The zero-order valence-electron chi connectivity index (χ0n) is 12.1. The first-order valence-electron chi connectivity index (χ1n) is 6.90. The molecule has 20 heavy (non-hydrogen) atoms. The largest absolute Gasteiger partial charge is 0.344 e. The Hall–Kier alpha value is -2.17. The molecule has 1 atom stereocenters. The van der Waals surface area contributed by atoms with E-state index in [1.165, 1.54) is 0 Å². The molecule has 0 aromatic carbocycles. The number of amides is 1. The summed E-state index contributed by atoms with van der Waals surface area (Å²) in [4.78, 5) is 16.6. The quantitative estimate of drug-likeness (QED) is 0.909. The second-order valence-electron chi connectivity index (χ2n) is 4.78. The molecule has 1 N–H and O–H groups in total. The Balaban J connectivity index is 2.11. The van der Waals surface area contributed by atoms with Gasteiger partial charge >= 0.3 is 0 Å². The Bertz CT molecular complexity index is 591. The molecule has 0 saturated heterocycles. The summed E-state index contributed by atoms with van der Waals surface area (Å²) in [6.07, 6.45) is 5.92. The summed E-state index contributed by atoms with van der Waals surface area (Å²) >= 11 is 0. The van der Waals surface area contributed by atoms with Crippen molar-refractivity contribution >= 4 is 5.91 Å². The van der Waals surface area contributed by atoms with E-state index in [4.69, 9.17) is 0 Å². The number of nitrogens with zero attached hydrogens (tertiary/aromatic N) is 3. The number of nitrogens with one attached hydrogen (secondary N) is 1. The van der Waals surface area contributed by atoms with Gasteiger partial charge in [0.05, 0.1) is 23.5 Å². The van der Waals surface area contributed by atoms with Crippen molar-refractivity contribution in [3.63, 3.8) is 0 Å². The summed E-state index contributed by atoms with van der Waals surface area (Å²) in [6.45, 7) is 6.79. The number of hydrogen-bond acceptors (Lipinski definition) is 3. The van der Waals surface area contributed by atoms with Crippen LogP contribution in [0.3, 0.4) is 0 Å². The maximum atomic E-state index is 12.2. The van der Waals surface area contributed by atoms with E-state index in [2.05, 4.69) is 15.4 Å². The molecule has 2 aromatic rings. The first-order valence-corrected chi connectivity index (χ1v) is 6.90. The van der Waals surface area contributed by atoms with Crippen LogP contribution in [0.1, 0.15) is 47.9 Å². The number of aromatic nitrogens is 3. The maximum absolute atomic E-state index is 12.2. The van der Waals surface area contributed by atoms with Crippen molar-refractivity contribution < 1.29 is 4.79 Å². The van der Waals surface area contributed by atoms with E-state index in [1.807, 2.05) is 32.9 Å². The van der Waals surface area contributed by atoms with Crippen molar-refractivity contribution in [3.8, 4) is 0 Å². The van der Waals surface area contributed by atoms with Gasteiger partial charge in [0.25, 0.3) is 5.91 Å². The molecule has 0 aliphatic heterocycles. The highest BCUT2D eigenvalue weighted by molar-refractivity contribution is 5.93. The second-order valence-corrected chi connectivity index (χ2v) is 4.78. The Morgan fingerprint density at radius 1 is 1.45 bits per heavy atom. The third kappa shape index (κ3) is 3.23. The lowest BCUT2D eigenvalue weighted by atomic mass is 10.1. The third-order valence-corrected chi connectivity index (χ3v) is 3.23. The van der Waals surface area contributed by atoms with E-state index in [-0.39, 0.29) is 11.9 Å². The Morgan fingerprint density at radius 3 is 2.85 bits per heavy atom. The molecule has 106 valence electrons. The van der Waals surface area contributed by atoms with Crippen molar-refractivity contribution in [1.29, 1.82) is 0 Å². The van der Waals surface area contributed by atoms with E-state index in [1.54, 1.807) is 23.3 Å². The average molecular weight is 272 g/mol. The van der Waals surface area contributed by atoms with Gasteiger partial charge in [0, 0.05) is 18.9 Å². The fraction of sp³-hybridized carbons (Fsp3) is 0.400. The van der Waals surface area contributed by atoms with Crippen molar-refractivity contribution in [2.24, 2.45) is 0 Å². The zero-order chi connectivity index (χ0) is 14.5. The minimum atomic E-state index is -0.111. The van der Waals surface area contributed by atoms with Crippen LogP contribution < -0.4 is 5.32 Å². The van der Waals surface area contributed by atoms with Gasteiger partial charge in [-0.2, -0.15) is 5.10 Å². The van der Waals surface area contributed by atoms with Crippen LogP contribution in [0.2, 0.25) is 0 Å². The molecule has 0 aliphatic carbocycles. The lowest BCUT2D eigenvalue weighted by Gasteiger charge is -2.16. The van der Waals surface area contributed by atoms with E-state index < -0.39 is 0 Å². The van der Waals surface area contributed by atoms with Crippen LogP contribution in [0, 0.1) is 6.92 Å². The normalized spacial score (nSPS) is 12.2. The minimum absolute atomic E-state index is 0.0765. The minimum Gasteiger partial charge on any atom is -0.344 e. The van der Waals surface area contributed by atoms with Crippen LogP contribution in [0.4, 0.5) is 0 Å². The maximum Gasteiger partial charge on any atom is 0.255 e. The number of carbonyl (C=O) groups excluding carboxylic acids is 1. The van der Waals surface area contributed by atoms with Gasteiger partial charge in [-0.25, -0.2) is 0 Å². The molecule has 0 spiro atoms. The number of carbonyl (C=O) groups is 1. The highest BCUT2D eigenvalue weighted by Gasteiger charge is 2.16. The Kier molecular flexibility index (Phi) is 4.50. The fourth-order valence-corrected chi connectivity index (χ4v) is 2.03. The second kappa shape index (κ2) is 6.32. The van der Waals surface area contributed by atoms with Crippen LogP contribution in [-0.4, -0.2) is 20.7 Å². The molecule has 5 heteroatoms. The van der Waals surface area contributed by atoms with Gasteiger partial charge in [-0.05, 0) is 38.0 Å². The Labute approximate surface area is 119 Å².